The molecule has 4 nitrogen and oxygen atoms in total. The zero-order valence-corrected chi connectivity index (χ0v) is 16.3. The number of benzene rings is 4. The van der Waals surface area contributed by atoms with Crippen molar-refractivity contribution in [1.82, 2.24) is 0 Å². The van der Waals surface area contributed by atoms with E-state index in [0.29, 0.717) is 0 Å². The number of non-ortho nitro benzene ring substituents is 1. The van der Waals surface area contributed by atoms with E-state index in [1.807, 2.05) is 48.6 Å². The maximum atomic E-state index is 10.8. The van der Waals surface area contributed by atoms with Crippen molar-refractivity contribution < 1.29 is 4.92 Å². The van der Waals surface area contributed by atoms with E-state index in [9.17, 15) is 10.1 Å². The number of nitro benzene ring substituents is 1. The first-order valence-electron chi connectivity index (χ1n) is 9.63. The van der Waals surface area contributed by atoms with E-state index in [1.165, 1.54) is 12.1 Å². The van der Waals surface area contributed by atoms with Crippen molar-refractivity contribution in [1.29, 1.82) is 0 Å². The topological polar surface area (TPSA) is 46.4 Å². The maximum absolute atomic E-state index is 10.8. The minimum absolute atomic E-state index is 0.0958. The fraction of sp³-hybridized carbons (Fsp3) is 0. The molecule has 0 saturated carbocycles. The summed E-state index contributed by atoms with van der Waals surface area (Å²) in [5.74, 6) is 0. The number of anilines is 3. The fourth-order valence-electron chi connectivity index (χ4n) is 3.24. The van der Waals surface area contributed by atoms with Gasteiger partial charge in [-0.15, -0.1) is 0 Å². The van der Waals surface area contributed by atoms with Gasteiger partial charge >= 0.3 is 0 Å². The molecular weight excluding hydrogens is 372 g/mol. The SMILES string of the molecule is O=[N+]([O-])c1ccc(C=Cc2ccc(N(c3ccccc3)c3ccccc3)cc2)cc1. The summed E-state index contributed by atoms with van der Waals surface area (Å²) in [5.41, 5.74) is 5.33. The van der Waals surface area contributed by atoms with Crippen LogP contribution in [0.5, 0.6) is 0 Å². The summed E-state index contributed by atoms with van der Waals surface area (Å²) in [5, 5.41) is 10.8. The molecule has 0 aromatic heterocycles. The Hall–Kier alpha value is -4.18. The van der Waals surface area contributed by atoms with Crippen molar-refractivity contribution in [2.45, 2.75) is 0 Å². The lowest BCUT2D eigenvalue weighted by Gasteiger charge is -2.25. The van der Waals surface area contributed by atoms with Crippen LogP contribution in [-0.2, 0) is 0 Å². The Morgan fingerprint density at radius 2 is 0.967 bits per heavy atom. The van der Waals surface area contributed by atoms with Crippen molar-refractivity contribution in [2.24, 2.45) is 0 Å². The van der Waals surface area contributed by atoms with Crippen LogP contribution in [0.25, 0.3) is 12.2 Å². The van der Waals surface area contributed by atoms with Gasteiger partial charge in [-0.05, 0) is 59.7 Å². The predicted molar refractivity (Wildman–Crippen MR) is 123 cm³/mol. The molecule has 0 atom stereocenters. The average Bonchev–Trinajstić information content (AvgIpc) is 2.80. The van der Waals surface area contributed by atoms with E-state index in [0.717, 1.165) is 28.2 Å². The van der Waals surface area contributed by atoms with Crippen LogP contribution >= 0.6 is 0 Å². The Morgan fingerprint density at radius 3 is 1.40 bits per heavy atom. The molecule has 4 aromatic rings. The van der Waals surface area contributed by atoms with Gasteiger partial charge in [-0.3, -0.25) is 10.1 Å². The van der Waals surface area contributed by atoms with E-state index >= 15 is 0 Å². The van der Waals surface area contributed by atoms with Crippen LogP contribution in [0.1, 0.15) is 11.1 Å². The van der Waals surface area contributed by atoms with Gasteiger partial charge in [-0.2, -0.15) is 0 Å². The number of nitrogens with zero attached hydrogens (tertiary/aromatic N) is 2. The van der Waals surface area contributed by atoms with E-state index < -0.39 is 4.92 Å². The molecule has 30 heavy (non-hydrogen) atoms. The van der Waals surface area contributed by atoms with Crippen LogP contribution in [0.15, 0.2) is 109 Å². The van der Waals surface area contributed by atoms with Gasteiger partial charge in [0.25, 0.3) is 5.69 Å². The number of para-hydroxylation sites is 2. The molecule has 0 N–H and O–H groups in total. The molecule has 0 fully saturated rings. The van der Waals surface area contributed by atoms with Crippen molar-refractivity contribution in [3.8, 4) is 0 Å². The highest BCUT2D eigenvalue weighted by molar-refractivity contribution is 5.78. The monoisotopic (exact) mass is 392 g/mol. The minimum atomic E-state index is -0.391. The highest BCUT2D eigenvalue weighted by Gasteiger charge is 2.11. The molecule has 0 amide bonds. The van der Waals surface area contributed by atoms with E-state index in [-0.39, 0.29) is 5.69 Å². The fourth-order valence-corrected chi connectivity index (χ4v) is 3.24. The first-order valence-corrected chi connectivity index (χ1v) is 9.63. The van der Waals surface area contributed by atoms with Crippen molar-refractivity contribution in [3.05, 3.63) is 130 Å². The average molecular weight is 392 g/mol. The zero-order valence-electron chi connectivity index (χ0n) is 16.3. The molecule has 4 aromatic carbocycles. The maximum Gasteiger partial charge on any atom is 0.269 e. The molecule has 0 radical (unpaired) electrons. The summed E-state index contributed by atoms with van der Waals surface area (Å²) in [6, 6.07) is 35.4. The normalized spacial score (nSPS) is 10.8. The Labute approximate surface area is 175 Å². The van der Waals surface area contributed by atoms with Crippen LogP contribution in [0.3, 0.4) is 0 Å². The van der Waals surface area contributed by atoms with Crippen LogP contribution in [-0.4, -0.2) is 4.92 Å². The van der Waals surface area contributed by atoms with Crippen LogP contribution < -0.4 is 4.90 Å². The first-order chi connectivity index (χ1) is 14.7. The third kappa shape index (κ3) is 4.45. The van der Waals surface area contributed by atoms with Crippen molar-refractivity contribution in [3.63, 3.8) is 0 Å². The lowest BCUT2D eigenvalue weighted by molar-refractivity contribution is -0.384. The molecule has 0 unspecified atom stereocenters. The van der Waals surface area contributed by atoms with E-state index in [1.54, 1.807) is 12.1 Å². The molecule has 0 aliphatic carbocycles. The second-order valence-corrected chi connectivity index (χ2v) is 6.78. The molecule has 0 aliphatic rings. The highest BCUT2D eigenvalue weighted by atomic mass is 16.6. The molecule has 0 aliphatic heterocycles. The molecule has 0 spiro atoms. The number of rotatable bonds is 6. The number of hydrogen-bond acceptors (Lipinski definition) is 3. The molecule has 146 valence electrons. The lowest BCUT2D eigenvalue weighted by atomic mass is 10.1. The quantitative estimate of drug-likeness (QED) is 0.197. The highest BCUT2D eigenvalue weighted by Crippen LogP contribution is 2.34. The summed E-state index contributed by atoms with van der Waals surface area (Å²) in [4.78, 5) is 12.6. The van der Waals surface area contributed by atoms with Gasteiger partial charge in [0.1, 0.15) is 0 Å². The number of nitro groups is 1. The van der Waals surface area contributed by atoms with Crippen molar-refractivity contribution in [2.75, 3.05) is 4.90 Å². The second kappa shape index (κ2) is 8.88. The molecule has 0 saturated heterocycles. The molecule has 4 heteroatoms. The summed E-state index contributed by atoms with van der Waals surface area (Å²) in [7, 11) is 0. The standard InChI is InChI=1S/C26H20N2O2/c29-28(30)26-19-15-22(16-20-26)12-11-21-13-17-25(18-14-21)27(23-7-3-1-4-8-23)24-9-5-2-6-10-24/h1-20H. The summed E-state index contributed by atoms with van der Waals surface area (Å²) < 4.78 is 0. The molecule has 0 heterocycles. The summed E-state index contributed by atoms with van der Waals surface area (Å²) in [6.07, 6.45) is 3.95. The second-order valence-electron chi connectivity index (χ2n) is 6.78. The third-order valence-electron chi connectivity index (χ3n) is 4.75. The van der Waals surface area contributed by atoms with Crippen molar-refractivity contribution >= 4 is 34.9 Å². The van der Waals surface area contributed by atoms with E-state index in [4.69, 9.17) is 0 Å². The minimum Gasteiger partial charge on any atom is -0.311 e. The Morgan fingerprint density at radius 1 is 0.567 bits per heavy atom. The molecule has 4 rings (SSSR count). The van der Waals surface area contributed by atoms with Gasteiger partial charge in [-0.1, -0.05) is 60.7 Å². The summed E-state index contributed by atoms with van der Waals surface area (Å²) in [6.45, 7) is 0. The van der Waals surface area contributed by atoms with Gasteiger partial charge in [0.15, 0.2) is 0 Å². The Bertz CT molecular complexity index is 1100. The zero-order chi connectivity index (χ0) is 20.8. The summed E-state index contributed by atoms with van der Waals surface area (Å²) >= 11 is 0. The third-order valence-corrected chi connectivity index (χ3v) is 4.75. The van der Waals surface area contributed by atoms with Gasteiger partial charge in [-0.25, -0.2) is 0 Å². The molecular formula is C26H20N2O2. The van der Waals surface area contributed by atoms with Gasteiger partial charge in [0, 0.05) is 29.2 Å². The largest absolute Gasteiger partial charge is 0.311 e. The van der Waals surface area contributed by atoms with Crippen LogP contribution in [0.2, 0.25) is 0 Å². The Balaban J connectivity index is 1.58. The van der Waals surface area contributed by atoms with Crippen LogP contribution in [0.4, 0.5) is 22.7 Å². The lowest BCUT2D eigenvalue weighted by Crippen LogP contribution is -2.09. The first kappa shape index (κ1) is 19.2. The predicted octanol–water partition coefficient (Wildman–Crippen LogP) is 7.24. The van der Waals surface area contributed by atoms with Crippen LogP contribution in [0, 0.1) is 10.1 Å². The van der Waals surface area contributed by atoms with Gasteiger partial charge in [0.2, 0.25) is 0 Å². The van der Waals surface area contributed by atoms with Gasteiger partial charge < -0.3 is 4.90 Å². The number of hydrogen-bond donors (Lipinski definition) is 0. The molecule has 0 bridgehead atoms. The Kier molecular flexibility index (Phi) is 5.67. The van der Waals surface area contributed by atoms with Gasteiger partial charge in [0.05, 0.1) is 4.92 Å². The smallest absolute Gasteiger partial charge is 0.269 e. The van der Waals surface area contributed by atoms with E-state index in [2.05, 4.69) is 53.4 Å².